The topological polar surface area (TPSA) is 83.0 Å². The maximum atomic E-state index is 13.7. The fourth-order valence-corrected chi connectivity index (χ4v) is 5.05. The van der Waals surface area contributed by atoms with Crippen LogP contribution in [0.5, 0.6) is 5.75 Å². The van der Waals surface area contributed by atoms with Crippen LogP contribution in [0.15, 0.2) is 92.8 Å². The summed E-state index contributed by atoms with van der Waals surface area (Å²) < 4.78 is 18.3. The van der Waals surface area contributed by atoms with Gasteiger partial charge in [-0.05, 0) is 36.8 Å². The van der Waals surface area contributed by atoms with Crippen molar-refractivity contribution in [1.29, 1.82) is 0 Å². The number of thiazole rings is 1. The van der Waals surface area contributed by atoms with Crippen LogP contribution in [0.2, 0.25) is 0 Å². The zero-order valence-electron chi connectivity index (χ0n) is 19.1. The van der Waals surface area contributed by atoms with Crippen molar-refractivity contribution < 1.29 is 18.7 Å². The monoisotopic (exact) mass is 486 g/mol. The van der Waals surface area contributed by atoms with Gasteiger partial charge >= 0.3 is 5.97 Å². The molecule has 8 heteroatoms. The van der Waals surface area contributed by atoms with Gasteiger partial charge in [-0.1, -0.05) is 53.8 Å². The Labute approximate surface area is 204 Å². The van der Waals surface area contributed by atoms with Gasteiger partial charge in [-0.2, -0.15) is 0 Å². The molecule has 0 radical (unpaired) electrons. The first-order chi connectivity index (χ1) is 17.1. The molecule has 0 spiro atoms. The lowest BCUT2D eigenvalue weighted by Crippen LogP contribution is -2.40. The molecule has 2 aromatic heterocycles. The van der Waals surface area contributed by atoms with Crippen molar-refractivity contribution in [2.45, 2.75) is 13.0 Å². The van der Waals surface area contributed by atoms with Gasteiger partial charge < -0.3 is 13.9 Å². The summed E-state index contributed by atoms with van der Waals surface area (Å²) in [5.41, 5.74) is 1.96. The summed E-state index contributed by atoms with van der Waals surface area (Å²) in [6.45, 7) is 1.94. The summed E-state index contributed by atoms with van der Waals surface area (Å²) in [5.74, 6) is 0.644. The number of furan rings is 1. The molecule has 4 aromatic rings. The maximum Gasteiger partial charge on any atom is 0.338 e. The van der Waals surface area contributed by atoms with E-state index in [1.54, 1.807) is 43.1 Å². The van der Waals surface area contributed by atoms with Crippen LogP contribution in [0.25, 0.3) is 11.8 Å². The number of hydrogen-bond acceptors (Lipinski definition) is 7. The van der Waals surface area contributed by atoms with Crippen molar-refractivity contribution in [3.8, 4) is 5.75 Å². The Morgan fingerprint density at radius 1 is 1.14 bits per heavy atom. The molecular formula is C27H22N2O5S. The molecule has 3 heterocycles. The zero-order valence-corrected chi connectivity index (χ0v) is 20.0. The van der Waals surface area contributed by atoms with Crippen LogP contribution in [-0.2, 0) is 9.53 Å². The number of methoxy groups -OCH3 is 1. The highest BCUT2D eigenvalue weighted by atomic mass is 32.1. The lowest BCUT2D eigenvalue weighted by atomic mass is 9.93. The molecule has 0 aliphatic carbocycles. The lowest BCUT2D eigenvalue weighted by Gasteiger charge is -2.26. The van der Waals surface area contributed by atoms with E-state index in [1.165, 1.54) is 11.3 Å². The Kier molecular flexibility index (Phi) is 6.20. The van der Waals surface area contributed by atoms with Gasteiger partial charge in [-0.3, -0.25) is 9.36 Å². The van der Waals surface area contributed by atoms with Gasteiger partial charge in [0, 0.05) is 11.6 Å². The minimum atomic E-state index is -0.755. The number of fused-ring (bicyclic) bond motifs is 1. The Bertz CT molecular complexity index is 1580. The van der Waals surface area contributed by atoms with E-state index in [-0.39, 0.29) is 12.2 Å². The van der Waals surface area contributed by atoms with Crippen molar-refractivity contribution in [2.24, 2.45) is 4.99 Å². The van der Waals surface area contributed by atoms with E-state index in [1.807, 2.05) is 54.6 Å². The number of hydrogen-bond donors (Lipinski definition) is 0. The van der Waals surface area contributed by atoms with Gasteiger partial charge in [0.15, 0.2) is 4.80 Å². The molecule has 0 saturated heterocycles. The minimum Gasteiger partial charge on any atom is -0.497 e. The molecule has 1 aliphatic rings. The first-order valence-electron chi connectivity index (χ1n) is 11.1. The van der Waals surface area contributed by atoms with E-state index in [0.717, 1.165) is 5.56 Å². The van der Waals surface area contributed by atoms with E-state index in [9.17, 15) is 9.59 Å². The third-order valence-electron chi connectivity index (χ3n) is 5.60. The number of carbonyl (C=O) groups excluding carboxylic acids is 1. The van der Waals surface area contributed by atoms with Crippen LogP contribution in [0.4, 0.5) is 0 Å². The second kappa shape index (κ2) is 9.60. The molecule has 0 amide bonds. The van der Waals surface area contributed by atoms with Crippen LogP contribution in [0.1, 0.15) is 29.9 Å². The second-order valence-electron chi connectivity index (χ2n) is 7.72. The summed E-state index contributed by atoms with van der Waals surface area (Å²) >= 11 is 1.24. The van der Waals surface area contributed by atoms with Gasteiger partial charge in [0.2, 0.25) is 0 Å². The van der Waals surface area contributed by atoms with Crippen LogP contribution < -0.4 is 19.6 Å². The average Bonchev–Trinajstić information content (AvgIpc) is 3.51. The number of ether oxygens (including phenoxy) is 2. The molecule has 0 saturated carbocycles. The van der Waals surface area contributed by atoms with Crippen LogP contribution in [-0.4, -0.2) is 24.3 Å². The smallest absolute Gasteiger partial charge is 0.338 e. The fourth-order valence-electron chi connectivity index (χ4n) is 4.07. The predicted octanol–water partition coefficient (Wildman–Crippen LogP) is 3.54. The van der Waals surface area contributed by atoms with Crippen LogP contribution >= 0.6 is 11.3 Å². The molecule has 1 aliphatic heterocycles. The van der Waals surface area contributed by atoms with E-state index >= 15 is 0 Å². The van der Waals surface area contributed by atoms with Gasteiger partial charge in [0.25, 0.3) is 5.56 Å². The van der Waals surface area contributed by atoms with Crippen molar-refractivity contribution in [1.82, 2.24) is 4.57 Å². The molecule has 7 nitrogen and oxygen atoms in total. The molecule has 0 bridgehead atoms. The van der Waals surface area contributed by atoms with E-state index < -0.39 is 12.0 Å². The van der Waals surface area contributed by atoms with Gasteiger partial charge in [-0.25, -0.2) is 9.79 Å². The normalized spacial score (nSPS) is 15.5. The zero-order chi connectivity index (χ0) is 24.4. The highest BCUT2D eigenvalue weighted by Gasteiger charge is 2.35. The third-order valence-corrected chi connectivity index (χ3v) is 6.58. The van der Waals surface area contributed by atoms with Crippen molar-refractivity contribution in [3.63, 3.8) is 0 Å². The van der Waals surface area contributed by atoms with Crippen molar-refractivity contribution in [2.75, 3.05) is 13.7 Å². The molecule has 5 rings (SSSR count). The lowest BCUT2D eigenvalue weighted by molar-refractivity contribution is -0.138. The summed E-state index contributed by atoms with van der Waals surface area (Å²) in [7, 11) is 1.57. The molecule has 0 N–H and O–H groups in total. The summed E-state index contributed by atoms with van der Waals surface area (Å²) in [6, 6.07) is 19.5. The molecule has 35 heavy (non-hydrogen) atoms. The van der Waals surface area contributed by atoms with Crippen molar-refractivity contribution >= 4 is 29.1 Å². The molecule has 0 unspecified atom stereocenters. The first-order valence-corrected chi connectivity index (χ1v) is 11.9. The Morgan fingerprint density at radius 3 is 2.69 bits per heavy atom. The van der Waals surface area contributed by atoms with E-state index in [2.05, 4.69) is 0 Å². The summed E-state index contributed by atoms with van der Waals surface area (Å²) in [6.07, 6.45) is 3.23. The maximum absolute atomic E-state index is 13.7. The molecule has 2 aromatic carbocycles. The number of rotatable bonds is 6. The minimum absolute atomic E-state index is 0.193. The fraction of sp³-hybridized carbons (Fsp3) is 0.148. The van der Waals surface area contributed by atoms with Gasteiger partial charge in [0.05, 0.1) is 41.8 Å². The standard InChI is InChI=1S/C27H22N2O5S/c1-3-33-26(31)22-23(17-9-5-4-6-10-17)28-27-29(24(22)18-11-7-12-19(15-18)32-2)25(30)21(35-27)16-20-13-8-14-34-20/h4-16,24H,3H2,1-2H3/t24-/m0/s1. The molecule has 176 valence electrons. The van der Waals surface area contributed by atoms with Crippen molar-refractivity contribution in [3.05, 3.63) is 115 Å². The average molecular weight is 487 g/mol. The highest BCUT2D eigenvalue weighted by Crippen LogP contribution is 2.36. The Hall–Kier alpha value is -4.17. The third kappa shape index (κ3) is 4.24. The Morgan fingerprint density at radius 2 is 1.97 bits per heavy atom. The quantitative estimate of drug-likeness (QED) is 0.390. The number of aromatic nitrogens is 1. The largest absolute Gasteiger partial charge is 0.497 e. The van der Waals surface area contributed by atoms with Crippen LogP contribution in [0, 0.1) is 0 Å². The van der Waals surface area contributed by atoms with Crippen LogP contribution in [0.3, 0.4) is 0 Å². The first kappa shape index (κ1) is 22.6. The SMILES string of the molecule is CCOC(=O)C1=C(c2ccccc2)N=c2sc(=Cc3ccco3)c(=O)n2[C@H]1c1cccc(OC)c1. The Balaban J connectivity index is 1.85. The van der Waals surface area contributed by atoms with Gasteiger partial charge in [-0.15, -0.1) is 0 Å². The molecular weight excluding hydrogens is 464 g/mol. The number of carbonyl (C=O) groups is 1. The molecule has 1 atom stereocenters. The summed E-state index contributed by atoms with van der Waals surface area (Å²) in [5, 5.41) is 0. The predicted molar refractivity (Wildman–Crippen MR) is 133 cm³/mol. The number of benzene rings is 2. The van der Waals surface area contributed by atoms with E-state index in [4.69, 9.17) is 18.9 Å². The molecule has 0 fully saturated rings. The van der Waals surface area contributed by atoms with E-state index in [0.29, 0.717) is 37.7 Å². The number of nitrogens with zero attached hydrogens (tertiary/aromatic N) is 2. The second-order valence-corrected chi connectivity index (χ2v) is 8.73. The number of esters is 1. The highest BCUT2D eigenvalue weighted by molar-refractivity contribution is 7.07. The summed E-state index contributed by atoms with van der Waals surface area (Å²) in [4.78, 5) is 32.4. The van der Waals surface area contributed by atoms with Gasteiger partial charge in [0.1, 0.15) is 11.5 Å².